The molecule has 0 aromatic rings. The Labute approximate surface area is 88.3 Å². The molecule has 0 aliphatic rings. The Morgan fingerprint density at radius 2 is 1.73 bits per heavy atom. The van der Waals surface area contributed by atoms with Gasteiger partial charge in [0.15, 0.2) is 0 Å². The van der Waals surface area contributed by atoms with Crippen LogP contribution in [0.4, 0.5) is 13.2 Å². The van der Waals surface area contributed by atoms with Gasteiger partial charge in [-0.2, -0.15) is 17.5 Å². The van der Waals surface area contributed by atoms with Crippen molar-refractivity contribution in [1.82, 2.24) is 4.31 Å². The summed E-state index contributed by atoms with van der Waals surface area (Å²) in [5.74, 6) is -0.249. The predicted octanol–water partition coefficient (Wildman–Crippen LogP) is 2.00. The van der Waals surface area contributed by atoms with E-state index in [-0.39, 0.29) is 5.75 Å². The van der Waals surface area contributed by atoms with Crippen LogP contribution in [0.1, 0.15) is 27.2 Å². The van der Waals surface area contributed by atoms with E-state index in [1.54, 1.807) is 6.92 Å². The van der Waals surface area contributed by atoms with Gasteiger partial charge < -0.3 is 0 Å². The van der Waals surface area contributed by atoms with Crippen molar-refractivity contribution in [2.24, 2.45) is 0 Å². The van der Waals surface area contributed by atoms with E-state index >= 15 is 0 Å². The first-order chi connectivity index (χ1) is 6.60. The van der Waals surface area contributed by atoms with Crippen LogP contribution in [0.25, 0.3) is 0 Å². The van der Waals surface area contributed by atoms with E-state index in [4.69, 9.17) is 0 Å². The topological polar surface area (TPSA) is 37.4 Å². The minimum atomic E-state index is -4.49. The summed E-state index contributed by atoms with van der Waals surface area (Å²) in [4.78, 5) is 0. The van der Waals surface area contributed by atoms with E-state index in [0.29, 0.717) is 10.7 Å². The van der Waals surface area contributed by atoms with Crippen LogP contribution >= 0.6 is 0 Å². The molecule has 0 aromatic heterocycles. The van der Waals surface area contributed by atoms with Gasteiger partial charge in [-0.3, -0.25) is 0 Å². The molecule has 7 heteroatoms. The normalized spacial score (nSPS) is 13.9. The molecule has 0 bridgehead atoms. The molecule has 0 spiro atoms. The predicted molar refractivity (Wildman–Crippen MR) is 52.0 cm³/mol. The third-order valence-electron chi connectivity index (χ3n) is 1.73. The highest BCUT2D eigenvalue weighted by Gasteiger charge is 2.37. The van der Waals surface area contributed by atoms with Crippen LogP contribution in [-0.2, 0) is 10.0 Å². The maximum atomic E-state index is 12.1. The smallest absolute Gasteiger partial charge is 0.212 e. The maximum absolute atomic E-state index is 12.1. The van der Waals surface area contributed by atoms with Crippen molar-refractivity contribution in [3.8, 4) is 0 Å². The summed E-state index contributed by atoms with van der Waals surface area (Å²) in [6.45, 7) is 3.06. The van der Waals surface area contributed by atoms with Crippen molar-refractivity contribution in [1.29, 1.82) is 0 Å². The third kappa shape index (κ3) is 5.36. The monoisotopic (exact) mass is 247 g/mol. The van der Waals surface area contributed by atoms with E-state index in [0.717, 1.165) is 0 Å². The zero-order valence-corrected chi connectivity index (χ0v) is 9.82. The lowest BCUT2D eigenvalue weighted by Crippen LogP contribution is -2.44. The van der Waals surface area contributed by atoms with E-state index < -0.39 is 28.8 Å². The van der Waals surface area contributed by atoms with Gasteiger partial charge in [0.1, 0.15) is 6.54 Å². The largest absolute Gasteiger partial charge is 0.402 e. The average molecular weight is 247 g/mol. The molecule has 0 N–H and O–H groups in total. The summed E-state index contributed by atoms with van der Waals surface area (Å²) in [6.07, 6.45) is -4.19. The molecule has 0 saturated carbocycles. The SMILES string of the molecule is CCCS(=O)(=O)N(CC(F)(F)F)C(C)C. The van der Waals surface area contributed by atoms with Crippen LogP contribution in [0.3, 0.4) is 0 Å². The lowest BCUT2D eigenvalue weighted by Gasteiger charge is -2.26. The Balaban J connectivity index is 4.83. The summed E-state index contributed by atoms with van der Waals surface area (Å²) in [5.41, 5.74) is 0. The third-order valence-corrected chi connectivity index (χ3v) is 3.92. The Bertz CT molecular complexity index is 285. The molecule has 0 aliphatic heterocycles. The van der Waals surface area contributed by atoms with Gasteiger partial charge in [-0.25, -0.2) is 8.42 Å². The Kier molecular flexibility index (Phi) is 5.05. The second-order valence-electron chi connectivity index (χ2n) is 3.57. The van der Waals surface area contributed by atoms with Crippen molar-refractivity contribution >= 4 is 10.0 Å². The number of hydrogen-bond acceptors (Lipinski definition) is 2. The Morgan fingerprint density at radius 1 is 1.27 bits per heavy atom. The maximum Gasteiger partial charge on any atom is 0.402 e. The molecule has 92 valence electrons. The molecule has 0 saturated heterocycles. The second kappa shape index (κ2) is 5.16. The molecule has 0 aromatic carbocycles. The number of hydrogen-bond donors (Lipinski definition) is 0. The number of nitrogens with zero attached hydrogens (tertiary/aromatic N) is 1. The molecule has 0 rings (SSSR count). The van der Waals surface area contributed by atoms with Gasteiger partial charge in [0, 0.05) is 6.04 Å². The highest BCUT2D eigenvalue weighted by Crippen LogP contribution is 2.20. The molecule has 0 heterocycles. The number of alkyl halides is 3. The van der Waals surface area contributed by atoms with Crippen LogP contribution in [-0.4, -0.2) is 37.2 Å². The Hall–Kier alpha value is -0.300. The summed E-state index contributed by atoms with van der Waals surface area (Å²) in [6, 6.07) is -0.678. The van der Waals surface area contributed by atoms with E-state index in [1.165, 1.54) is 13.8 Å². The molecule has 0 radical (unpaired) electrons. The summed E-state index contributed by atoms with van der Waals surface area (Å²) in [5, 5.41) is 0. The van der Waals surface area contributed by atoms with Gasteiger partial charge in [0.05, 0.1) is 5.75 Å². The highest BCUT2D eigenvalue weighted by molar-refractivity contribution is 7.89. The first-order valence-corrected chi connectivity index (χ1v) is 6.27. The molecule has 0 aliphatic carbocycles. The van der Waals surface area contributed by atoms with E-state index in [1.807, 2.05) is 0 Å². The fourth-order valence-corrected chi connectivity index (χ4v) is 2.89. The molecule has 0 unspecified atom stereocenters. The minimum Gasteiger partial charge on any atom is -0.212 e. The van der Waals surface area contributed by atoms with Gasteiger partial charge in [-0.15, -0.1) is 0 Å². The molecular formula is C8H16F3NO2S. The highest BCUT2D eigenvalue weighted by atomic mass is 32.2. The van der Waals surface area contributed by atoms with E-state index in [9.17, 15) is 21.6 Å². The first kappa shape index (κ1) is 14.7. The van der Waals surface area contributed by atoms with Crippen LogP contribution in [0, 0.1) is 0 Å². The molecule has 0 fully saturated rings. The molecular weight excluding hydrogens is 231 g/mol. The quantitative estimate of drug-likeness (QED) is 0.745. The number of rotatable bonds is 5. The summed E-state index contributed by atoms with van der Waals surface area (Å²) >= 11 is 0. The van der Waals surface area contributed by atoms with Crippen LogP contribution < -0.4 is 0 Å². The average Bonchev–Trinajstić information content (AvgIpc) is 1.97. The van der Waals surface area contributed by atoms with Gasteiger partial charge in [0.2, 0.25) is 10.0 Å². The first-order valence-electron chi connectivity index (χ1n) is 4.66. The van der Waals surface area contributed by atoms with Gasteiger partial charge in [-0.1, -0.05) is 6.92 Å². The number of sulfonamides is 1. The Morgan fingerprint density at radius 3 is 2.00 bits per heavy atom. The molecule has 0 amide bonds. The number of halogens is 3. The van der Waals surface area contributed by atoms with Gasteiger partial charge in [0.25, 0.3) is 0 Å². The minimum absolute atomic E-state index is 0.249. The van der Waals surface area contributed by atoms with Crippen molar-refractivity contribution in [3.63, 3.8) is 0 Å². The van der Waals surface area contributed by atoms with E-state index in [2.05, 4.69) is 0 Å². The fraction of sp³-hybridized carbons (Fsp3) is 1.00. The van der Waals surface area contributed by atoms with Crippen molar-refractivity contribution < 1.29 is 21.6 Å². The van der Waals surface area contributed by atoms with Crippen LogP contribution in [0.2, 0.25) is 0 Å². The zero-order valence-electron chi connectivity index (χ0n) is 9.00. The standard InChI is InChI=1S/C8H16F3NO2S/c1-4-5-15(13,14)12(7(2)3)6-8(9,10)11/h7H,4-6H2,1-3H3. The molecule has 0 atom stereocenters. The second-order valence-corrected chi connectivity index (χ2v) is 5.61. The summed E-state index contributed by atoms with van der Waals surface area (Å²) in [7, 11) is -3.79. The molecule has 3 nitrogen and oxygen atoms in total. The van der Waals surface area contributed by atoms with Gasteiger partial charge >= 0.3 is 6.18 Å². The zero-order chi connectivity index (χ0) is 12.3. The fourth-order valence-electron chi connectivity index (χ4n) is 1.15. The van der Waals surface area contributed by atoms with Crippen LogP contribution in [0.15, 0.2) is 0 Å². The lowest BCUT2D eigenvalue weighted by atomic mass is 10.4. The van der Waals surface area contributed by atoms with Crippen LogP contribution in [0.5, 0.6) is 0 Å². The van der Waals surface area contributed by atoms with Crippen molar-refractivity contribution in [3.05, 3.63) is 0 Å². The van der Waals surface area contributed by atoms with Crippen molar-refractivity contribution in [2.45, 2.75) is 39.4 Å². The molecule has 15 heavy (non-hydrogen) atoms. The summed E-state index contributed by atoms with van der Waals surface area (Å²) < 4.78 is 59.8. The van der Waals surface area contributed by atoms with Gasteiger partial charge in [-0.05, 0) is 20.3 Å². The van der Waals surface area contributed by atoms with Crippen molar-refractivity contribution in [2.75, 3.05) is 12.3 Å². The lowest BCUT2D eigenvalue weighted by molar-refractivity contribution is -0.138.